The van der Waals surface area contributed by atoms with Crippen molar-refractivity contribution >= 4 is 15.7 Å². The van der Waals surface area contributed by atoms with Gasteiger partial charge in [0.2, 0.25) is 10.0 Å². The van der Waals surface area contributed by atoms with Gasteiger partial charge in [-0.25, -0.2) is 12.7 Å². The summed E-state index contributed by atoms with van der Waals surface area (Å²) in [6.45, 7) is 2.32. The van der Waals surface area contributed by atoms with Crippen LogP contribution in [-0.2, 0) is 14.8 Å². The molecule has 1 aromatic rings. The molecule has 1 heterocycles. The summed E-state index contributed by atoms with van der Waals surface area (Å²) in [5.74, 6) is 0.443. The van der Waals surface area contributed by atoms with E-state index in [4.69, 9.17) is 4.74 Å². The maximum atomic E-state index is 12.3. The van der Waals surface area contributed by atoms with E-state index in [0.29, 0.717) is 16.5 Å². The first-order chi connectivity index (χ1) is 9.51. The van der Waals surface area contributed by atoms with Crippen LogP contribution in [0, 0.1) is 5.92 Å². The third-order valence-electron chi connectivity index (χ3n) is 3.48. The second kappa shape index (κ2) is 6.56. The monoisotopic (exact) mass is 298 g/mol. The average molecular weight is 298 g/mol. The van der Waals surface area contributed by atoms with Crippen LogP contribution in [0.3, 0.4) is 0 Å². The predicted octanol–water partition coefficient (Wildman–Crippen LogP) is 1.78. The molecule has 0 radical (unpaired) electrons. The molecule has 1 N–H and O–H groups in total. The number of hydrogen-bond acceptors (Lipinski definition) is 4. The highest BCUT2D eigenvalue weighted by Gasteiger charge is 2.21. The summed E-state index contributed by atoms with van der Waals surface area (Å²) in [5, 5.41) is 3.26. The van der Waals surface area contributed by atoms with Crippen molar-refractivity contribution in [3.05, 3.63) is 24.3 Å². The fraction of sp³-hybridized carbons (Fsp3) is 0.571. The van der Waals surface area contributed by atoms with Crippen molar-refractivity contribution in [2.45, 2.75) is 17.7 Å². The molecule has 0 amide bonds. The van der Waals surface area contributed by atoms with Crippen molar-refractivity contribution < 1.29 is 13.2 Å². The maximum Gasteiger partial charge on any atom is 0.244 e. The van der Waals surface area contributed by atoms with Gasteiger partial charge >= 0.3 is 0 Å². The van der Waals surface area contributed by atoms with Crippen molar-refractivity contribution in [2.75, 3.05) is 39.2 Å². The van der Waals surface area contributed by atoms with Crippen LogP contribution in [0.5, 0.6) is 0 Å². The number of ether oxygens (including phenoxy) is 1. The highest BCUT2D eigenvalue weighted by Crippen LogP contribution is 2.24. The SMILES string of the molecule is CN(C)S(=O)(=O)c1ccccc1NCC1CCCOC1. The molecule has 5 nitrogen and oxygen atoms in total. The molecular formula is C14H22N2O3S. The number of rotatable bonds is 5. The van der Waals surface area contributed by atoms with Gasteiger partial charge in [-0.2, -0.15) is 0 Å². The third-order valence-corrected chi connectivity index (χ3v) is 5.35. The molecule has 0 bridgehead atoms. The molecule has 20 heavy (non-hydrogen) atoms. The van der Waals surface area contributed by atoms with Gasteiger partial charge in [0.25, 0.3) is 0 Å². The number of benzene rings is 1. The van der Waals surface area contributed by atoms with Gasteiger partial charge in [0, 0.05) is 27.2 Å². The summed E-state index contributed by atoms with van der Waals surface area (Å²) >= 11 is 0. The van der Waals surface area contributed by atoms with Crippen LogP contribution in [0.2, 0.25) is 0 Å². The minimum atomic E-state index is -3.42. The van der Waals surface area contributed by atoms with Crippen LogP contribution >= 0.6 is 0 Å². The van der Waals surface area contributed by atoms with Crippen molar-refractivity contribution in [3.63, 3.8) is 0 Å². The van der Waals surface area contributed by atoms with Gasteiger partial charge in [-0.15, -0.1) is 0 Å². The van der Waals surface area contributed by atoms with Crippen molar-refractivity contribution in [1.82, 2.24) is 4.31 Å². The highest BCUT2D eigenvalue weighted by molar-refractivity contribution is 7.89. The molecule has 2 rings (SSSR count). The largest absolute Gasteiger partial charge is 0.384 e. The normalized spacial score (nSPS) is 20.1. The molecule has 0 aromatic heterocycles. The van der Waals surface area contributed by atoms with Gasteiger partial charge < -0.3 is 10.1 Å². The Morgan fingerprint density at radius 2 is 2.10 bits per heavy atom. The van der Waals surface area contributed by atoms with Gasteiger partial charge in [0.05, 0.1) is 12.3 Å². The number of nitrogens with one attached hydrogen (secondary N) is 1. The molecule has 1 atom stereocenters. The second-order valence-electron chi connectivity index (χ2n) is 5.25. The van der Waals surface area contributed by atoms with Crippen LogP contribution in [0.25, 0.3) is 0 Å². The molecule has 0 spiro atoms. The van der Waals surface area contributed by atoms with Crippen LogP contribution in [0.4, 0.5) is 5.69 Å². The zero-order valence-electron chi connectivity index (χ0n) is 12.0. The van der Waals surface area contributed by atoms with Gasteiger partial charge in [-0.05, 0) is 30.9 Å². The molecule has 112 valence electrons. The second-order valence-corrected chi connectivity index (χ2v) is 7.37. The Labute approximate surface area is 121 Å². The molecule has 1 aliphatic heterocycles. The standard InChI is InChI=1S/C14H22N2O3S/c1-16(2)20(17,18)14-8-4-3-7-13(14)15-10-12-6-5-9-19-11-12/h3-4,7-8,12,15H,5-6,9-11H2,1-2H3. The summed E-state index contributed by atoms with van der Waals surface area (Å²) in [7, 11) is -0.335. The van der Waals surface area contributed by atoms with E-state index >= 15 is 0 Å². The van der Waals surface area contributed by atoms with Gasteiger partial charge in [-0.1, -0.05) is 12.1 Å². The van der Waals surface area contributed by atoms with E-state index in [1.807, 2.05) is 6.07 Å². The van der Waals surface area contributed by atoms with Crippen LogP contribution < -0.4 is 5.32 Å². The summed E-state index contributed by atoms with van der Waals surface area (Å²) in [6.07, 6.45) is 2.19. The van der Waals surface area contributed by atoms with Gasteiger partial charge in [0.1, 0.15) is 4.90 Å². The zero-order chi connectivity index (χ0) is 14.6. The lowest BCUT2D eigenvalue weighted by atomic mass is 10.0. The third kappa shape index (κ3) is 3.50. The van der Waals surface area contributed by atoms with E-state index in [9.17, 15) is 8.42 Å². The van der Waals surface area contributed by atoms with E-state index in [-0.39, 0.29) is 0 Å². The zero-order valence-corrected chi connectivity index (χ0v) is 12.8. The van der Waals surface area contributed by atoms with Crippen molar-refractivity contribution in [1.29, 1.82) is 0 Å². The Hall–Kier alpha value is -1.11. The molecular weight excluding hydrogens is 276 g/mol. The van der Waals surface area contributed by atoms with Crippen molar-refractivity contribution in [3.8, 4) is 0 Å². The molecule has 0 saturated carbocycles. The van der Waals surface area contributed by atoms with Crippen LogP contribution in [0.1, 0.15) is 12.8 Å². The quantitative estimate of drug-likeness (QED) is 0.900. The van der Waals surface area contributed by atoms with Gasteiger partial charge in [-0.3, -0.25) is 0 Å². The first kappa shape index (κ1) is 15.3. The van der Waals surface area contributed by atoms with E-state index < -0.39 is 10.0 Å². The van der Waals surface area contributed by atoms with E-state index in [2.05, 4.69) is 5.32 Å². The highest BCUT2D eigenvalue weighted by atomic mass is 32.2. The topological polar surface area (TPSA) is 58.6 Å². The molecule has 1 unspecified atom stereocenters. The molecule has 1 aromatic carbocycles. The smallest absolute Gasteiger partial charge is 0.244 e. The predicted molar refractivity (Wildman–Crippen MR) is 79.3 cm³/mol. The molecule has 1 fully saturated rings. The fourth-order valence-electron chi connectivity index (χ4n) is 2.26. The summed E-state index contributed by atoms with van der Waals surface area (Å²) in [6, 6.07) is 7.02. The molecule has 1 saturated heterocycles. The van der Waals surface area contributed by atoms with E-state index in [1.165, 1.54) is 4.31 Å². The lowest BCUT2D eigenvalue weighted by molar-refractivity contribution is 0.0595. The lowest BCUT2D eigenvalue weighted by Gasteiger charge is -2.23. The van der Waals surface area contributed by atoms with Crippen LogP contribution in [0.15, 0.2) is 29.2 Å². The molecule has 6 heteroatoms. The number of anilines is 1. The Morgan fingerprint density at radius 1 is 1.35 bits per heavy atom. The first-order valence-electron chi connectivity index (χ1n) is 6.85. The summed E-state index contributed by atoms with van der Waals surface area (Å²) in [4.78, 5) is 0.321. The van der Waals surface area contributed by atoms with Gasteiger partial charge in [0.15, 0.2) is 0 Å². The Morgan fingerprint density at radius 3 is 2.75 bits per heavy atom. The average Bonchev–Trinajstić information content (AvgIpc) is 2.46. The first-order valence-corrected chi connectivity index (χ1v) is 8.29. The number of para-hydroxylation sites is 1. The number of hydrogen-bond donors (Lipinski definition) is 1. The lowest BCUT2D eigenvalue weighted by Crippen LogP contribution is -2.26. The number of nitrogens with zero attached hydrogens (tertiary/aromatic N) is 1. The summed E-state index contributed by atoms with van der Waals surface area (Å²) in [5.41, 5.74) is 0.659. The molecule has 0 aliphatic carbocycles. The Balaban J connectivity index is 2.12. The van der Waals surface area contributed by atoms with E-state index in [1.54, 1.807) is 32.3 Å². The van der Waals surface area contributed by atoms with Crippen molar-refractivity contribution in [2.24, 2.45) is 5.92 Å². The Kier molecular flexibility index (Phi) is 5.01. The molecule has 1 aliphatic rings. The Bertz CT molecular complexity index is 537. The minimum absolute atomic E-state index is 0.321. The maximum absolute atomic E-state index is 12.3. The van der Waals surface area contributed by atoms with Crippen LogP contribution in [-0.4, -0.2) is 46.6 Å². The van der Waals surface area contributed by atoms with E-state index in [0.717, 1.165) is 32.6 Å². The minimum Gasteiger partial charge on any atom is -0.384 e. The number of sulfonamides is 1. The summed E-state index contributed by atoms with van der Waals surface area (Å²) < 4.78 is 31.2. The fourth-order valence-corrected chi connectivity index (χ4v) is 3.32.